The standard InChI is InChI=1S/C11H24O8S2.Na.H/c1-3-4-5-6-7-9(2)19-10(8-12)11(20(13,14)15)21(16,17)18;;/h9-12H,3-8H2,1-2H3,(H,13,14,15)(H,16,17,18);;/q;+1;-1. The molecule has 0 spiro atoms. The molecule has 130 valence electrons. The zero-order valence-electron chi connectivity index (χ0n) is 14.2. The van der Waals surface area contributed by atoms with Gasteiger partial charge in [-0.2, -0.15) is 16.8 Å². The molecule has 11 heteroatoms. The second-order valence-corrected chi connectivity index (χ2v) is 8.29. The van der Waals surface area contributed by atoms with Gasteiger partial charge in [0.25, 0.3) is 20.2 Å². The molecule has 2 unspecified atom stereocenters. The first-order valence-electron chi connectivity index (χ1n) is 6.73. The average Bonchev–Trinajstić information content (AvgIpc) is 2.30. The Balaban J connectivity index is -0.00000200. The van der Waals surface area contributed by atoms with Crippen molar-refractivity contribution in [3.63, 3.8) is 0 Å². The topological polar surface area (TPSA) is 138 Å². The number of aliphatic hydroxyl groups is 1. The minimum Gasteiger partial charge on any atom is -1.00 e. The SMILES string of the molecule is CCCCCCC(C)OC(CO)C(S(=O)(=O)O)S(=O)(=O)O.[H-].[Na+]. The first-order valence-corrected chi connectivity index (χ1v) is 9.73. The van der Waals surface area contributed by atoms with Crippen molar-refractivity contribution in [1.29, 1.82) is 0 Å². The van der Waals surface area contributed by atoms with Crippen molar-refractivity contribution >= 4 is 20.2 Å². The van der Waals surface area contributed by atoms with Gasteiger partial charge < -0.3 is 11.3 Å². The van der Waals surface area contributed by atoms with Gasteiger partial charge in [0, 0.05) is 0 Å². The summed E-state index contributed by atoms with van der Waals surface area (Å²) in [6.45, 7) is 2.67. The number of ether oxygens (including phenoxy) is 1. The zero-order valence-corrected chi connectivity index (χ0v) is 16.8. The van der Waals surface area contributed by atoms with Gasteiger partial charge in [-0.15, -0.1) is 0 Å². The van der Waals surface area contributed by atoms with E-state index in [4.69, 9.17) is 18.9 Å². The molecule has 0 aliphatic carbocycles. The van der Waals surface area contributed by atoms with Crippen LogP contribution in [0.1, 0.15) is 47.4 Å². The minimum absolute atomic E-state index is 0. The Morgan fingerprint density at radius 3 is 1.91 bits per heavy atom. The van der Waals surface area contributed by atoms with E-state index in [9.17, 15) is 16.8 Å². The van der Waals surface area contributed by atoms with Crippen molar-refractivity contribution in [1.82, 2.24) is 0 Å². The Labute approximate surface area is 155 Å². The molecule has 0 aliphatic heterocycles. The third kappa shape index (κ3) is 9.78. The molecular weight excluding hydrogens is 347 g/mol. The molecule has 0 amide bonds. The molecule has 0 fully saturated rings. The molecule has 0 radical (unpaired) electrons. The van der Waals surface area contributed by atoms with Crippen LogP contribution in [0.3, 0.4) is 0 Å². The molecule has 0 heterocycles. The minimum atomic E-state index is -5.13. The Hall–Kier alpha value is 0.740. The van der Waals surface area contributed by atoms with Crippen LogP contribution >= 0.6 is 0 Å². The first-order chi connectivity index (χ1) is 9.54. The molecular formula is C11H25NaO8S2. The number of hydrogen-bond donors (Lipinski definition) is 3. The van der Waals surface area contributed by atoms with Crippen molar-refractivity contribution in [3.8, 4) is 0 Å². The van der Waals surface area contributed by atoms with E-state index < -0.39 is 43.6 Å². The summed E-state index contributed by atoms with van der Waals surface area (Å²) < 4.78 is 64.7. The Kier molecular flexibility index (Phi) is 12.9. The summed E-state index contributed by atoms with van der Waals surface area (Å²) in [5.41, 5.74) is 0. The third-order valence-electron chi connectivity index (χ3n) is 2.94. The summed E-state index contributed by atoms with van der Waals surface area (Å²) in [4.78, 5) is 0. The molecule has 3 N–H and O–H groups in total. The zero-order chi connectivity index (χ0) is 16.7. The average molecular weight is 372 g/mol. The van der Waals surface area contributed by atoms with Crippen LogP contribution in [0.15, 0.2) is 0 Å². The van der Waals surface area contributed by atoms with Crippen LogP contribution in [-0.4, -0.2) is 54.4 Å². The maximum Gasteiger partial charge on any atom is 1.00 e. The van der Waals surface area contributed by atoms with Crippen LogP contribution < -0.4 is 29.6 Å². The monoisotopic (exact) mass is 372 g/mol. The fourth-order valence-electron chi connectivity index (χ4n) is 1.96. The number of hydrogen-bond acceptors (Lipinski definition) is 6. The third-order valence-corrected chi connectivity index (χ3v) is 6.18. The predicted octanol–water partition coefficient (Wildman–Crippen LogP) is -2.06. The Morgan fingerprint density at radius 1 is 1.05 bits per heavy atom. The molecule has 0 aromatic rings. The normalized spacial score (nSPS) is 15.4. The van der Waals surface area contributed by atoms with Crippen LogP contribution in [-0.2, 0) is 25.0 Å². The van der Waals surface area contributed by atoms with Crippen LogP contribution in [0.25, 0.3) is 0 Å². The van der Waals surface area contributed by atoms with Crippen molar-refractivity contribution in [3.05, 3.63) is 0 Å². The molecule has 0 bridgehead atoms. The second-order valence-electron chi connectivity index (χ2n) is 4.92. The fraction of sp³-hybridized carbons (Fsp3) is 1.00. The van der Waals surface area contributed by atoms with Crippen LogP contribution in [0.2, 0.25) is 0 Å². The van der Waals surface area contributed by atoms with E-state index in [2.05, 4.69) is 0 Å². The molecule has 8 nitrogen and oxygen atoms in total. The van der Waals surface area contributed by atoms with Gasteiger partial charge in [-0.05, 0) is 13.3 Å². The van der Waals surface area contributed by atoms with Gasteiger partial charge >= 0.3 is 29.6 Å². The van der Waals surface area contributed by atoms with E-state index in [1.165, 1.54) is 0 Å². The fourth-order valence-corrected chi connectivity index (χ4v) is 4.25. The maximum absolute atomic E-state index is 11.1. The van der Waals surface area contributed by atoms with Gasteiger partial charge in [0.15, 0.2) is 0 Å². The Bertz CT molecular complexity index is 464. The summed E-state index contributed by atoms with van der Waals surface area (Å²) in [7, 11) is -10.3. The largest absolute Gasteiger partial charge is 1.00 e. The van der Waals surface area contributed by atoms with E-state index in [1.807, 2.05) is 6.92 Å². The van der Waals surface area contributed by atoms with E-state index in [1.54, 1.807) is 6.92 Å². The van der Waals surface area contributed by atoms with E-state index in [0.29, 0.717) is 6.42 Å². The number of rotatable bonds is 11. The quantitative estimate of drug-likeness (QED) is 0.214. The van der Waals surface area contributed by atoms with Gasteiger partial charge in [-0.25, -0.2) is 0 Å². The van der Waals surface area contributed by atoms with Gasteiger partial charge in [0.2, 0.25) is 4.58 Å². The maximum atomic E-state index is 11.1. The first kappa shape index (κ1) is 25.0. The van der Waals surface area contributed by atoms with Crippen LogP contribution in [0, 0.1) is 0 Å². The molecule has 22 heavy (non-hydrogen) atoms. The van der Waals surface area contributed by atoms with Gasteiger partial charge in [-0.1, -0.05) is 32.6 Å². The Morgan fingerprint density at radius 2 is 1.55 bits per heavy atom. The molecule has 2 atom stereocenters. The molecule has 0 saturated heterocycles. The van der Waals surface area contributed by atoms with E-state index in [-0.39, 0.29) is 31.0 Å². The van der Waals surface area contributed by atoms with E-state index in [0.717, 1.165) is 25.7 Å². The van der Waals surface area contributed by atoms with Crippen LogP contribution in [0.5, 0.6) is 0 Å². The van der Waals surface area contributed by atoms with Crippen LogP contribution in [0.4, 0.5) is 0 Å². The number of unbranched alkanes of at least 4 members (excludes halogenated alkanes) is 3. The molecule has 0 aromatic carbocycles. The van der Waals surface area contributed by atoms with Crippen molar-refractivity contribution < 1.29 is 66.8 Å². The molecule has 0 aromatic heterocycles. The van der Waals surface area contributed by atoms with Gasteiger partial charge in [-0.3, -0.25) is 9.11 Å². The van der Waals surface area contributed by atoms with Crippen molar-refractivity contribution in [2.45, 2.75) is 62.7 Å². The predicted molar refractivity (Wildman–Crippen MR) is 78.2 cm³/mol. The summed E-state index contributed by atoms with van der Waals surface area (Å²) >= 11 is 0. The van der Waals surface area contributed by atoms with E-state index >= 15 is 0 Å². The number of aliphatic hydroxyl groups excluding tert-OH is 1. The smallest absolute Gasteiger partial charge is 1.00 e. The van der Waals surface area contributed by atoms with Crippen molar-refractivity contribution in [2.24, 2.45) is 0 Å². The molecule has 0 saturated carbocycles. The molecule has 0 aliphatic rings. The molecule has 0 rings (SSSR count). The van der Waals surface area contributed by atoms with Gasteiger partial charge in [0.1, 0.15) is 6.10 Å². The second kappa shape index (κ2) is 11.3. The summed E-state index contributed by atoms with van der Waals surface area (Å²) in [6, 6.07) is 0. The summed E-state index contributed by atoms with van der Waals surface area (Å²) in [5, 5.41) is 9.11. The van der Waals surface area contributed by atoms with Crippen molar-refractivity contribution in [2.75, 3.05) is 6.61 Å². The summed E-state index contributed by atoms with van der Waals surface area (Å²) in [5.74, 6) is 0. The van der Waals surface area contributed by atoms with Gasteiger partial charge in [0.05, 0.1) is 12.7 Å². The summed E-state index contributed by atoms with van der Waals surface area (Å²) in [6.07, 6.45) is 2.10.